The normalized spacial score (nSPS) is 21.6. The summed E-state index contributed by atoms with van der Waals surface area (Å²) in [6, 6.07) is 5.78. The second-order valence-electron chi connectivity index (χ2n) is 4.70. The molecule has 0 aliphatic heterocycles. The average Bonchev–Trinajstić information content (AvgIpc) is 2.36. The summed E-state index contributed by atoms with van der Waals surface area (Å²) in [6.07, 6.45) is 1.68. The minimum absolute atomic E-state index is 0.0746. The molecule has 0 aromatic heterocycles. The SMILES string of the molecule is COc1ccc(CNC2CCC2C(=O)O)cc1OC. The predicted molar refractivity (Wildman–Crippen MR) is 70.5 cm³/mol. The fraction of sp³-hybridized carbons (Fsp3) is 0.500. The van der Waals surface area contributed by atoms with Crippen LogP contribution in [-0.2, 0) is 11.3 Å². The molecular weight excluding hydrogens is 246 g/mol. The molecule has 104 valence electrons. The van der Waals surface area contributed by atoms with Crippen LogP contribution in [0, 0.1) is 5.92 Å². The van der Waals surface area contributed by atoms with E-state index in [1.807, 2.05) is 18.2 Å². The summed E-state index contributed by atoms with van der Waals surface area (Å²) in [4.78, 5) is 10.9. The Bertz CT molecular complexity index is 461. The van der Waals surface area contributed by atoms with E-state index in [-0.39, 0.29) is 12.0 Å². The molecule has 0 amide bonds. The number of hydrogen-bond acceptors (Lipinski definition) is 4. The fourth-order valence-electron chi connectivity index (χ4n) is 2.28. The minimum Gasteiger partial charge on any atom is -0.493 e. The molecule has 0 saturated heterocycles. The van der Waals surface area contributed by atoms with Gasteiger partial charge in [-0.1, -0.05) is 6.07 Å². The molecule has 1 aromatic carbocycles. The smallest absolute Gasteiger partial charge is 0.308 e. The van der Waals surface area contributed by atoms with Crippen molar-refractivity contribution >= 4 is 5.97 Å². The molecule has 0 heterocycles. The lowest BCUT2D eigenvalue weighted by atomic mass is 9.79. The highest BCUT2D eigenvalue weighted by Crippen LogP contribution is 2.29. The van der Waals surface area contributed by atoms with E-state index in [4.69, 9.17) is 14.6 Å². The van der Waals surface area contributed by atoms with Gasteiger partial charge in [0.2, 0.25) is 0 Å². The molecule has 2 rings (SSSR count). The van der Waals surface area contributed by atoms with E-state index in [0.29, 0.717) is 18.0 Å². The molecule has 0 radical (unpaired) electrons. The first-order chi connectivity index (χ1) is 9.15. The highest BCUT2D eigenvalue weighted by atomic mass is 16.5. The molecule has 1 aliphatic carbocycles. The number of rotatable bonds is 6. The number of nitrogens with one attached hydrogen (secondary N) is 1. The zero-order valence-electron chi connectivity index (χ0n) is 11.2. The van der Waals surface area contributed by atoms with E-state index in [2.05, 4.69) is 5.32 Å². The second kappa shape index (κ2) is 5.93. The zero-order valence-corrected chi connectivity index (χ0v) is 11.2. The summed E-state index contributed by atoms with van der Waals surface area (Å²) >= 11 is 0. The first kappa shape index (κ1) is 13.7. The highest BCUT2D eigenvalue weighted by Gasteiger charge is 2.35. The van der Waals surface area contributed by atoms with Crippen molar-refractivity contribution < 1.29 is 19.4 Å². The third-order valence-electron chi connectivity index (χ3n) is 3.61. The van der Waals surface area contributed by atoms with Gasteiger partial charge in [0.25, 0.3) is 0 Å². The summed E-state index contributed by atoms with van der Waals surface area (Å²) in [6.45, 7) is 0.634. The number of carboxylic acid groups (broad SMARTS) is 1. The Morgan fingerprint density at radius 1 is 1.32 bits per heavy atom. The summed E-state index contributed by atoms with van der Waals surface area (Å²) in [5.41, 5.74) is 1.05. The van der Waals surface area contributed by atoms with E-state index < -0.39 is 5.97 Å². The lowest BCUT2D eigenvalue weighted by molar-refractivity contribution is -0.146. The molecule has 2 atom stereocenters. The lowest BCUT2D eigenvalue weighted by Crippen LogP contribution is -2.47. The van der Waals surface area contributed by atoms with Crippen LogP contribution in [0.1, 0.15) is 18.4 Å². The average molecular weight is 265 g/mol. The van der Waals surface area contributed by atoms with E-state index >= 15 is 0 Å². The van der Waals surface area contributed by atoms with Gasteiger partial charge in [-0.25, -0.2) is 0 Å². The van der Waals surface area contributed by atoms with Crippen molar-refractivity contribution in [1.29, 1.82) is 0 Å². The van der Waals surface area contributed by atoms with Gasteiger partial charge in [-0.3, -0.25) is 4.79 Å². The molecule has 1 aromatic rings. The lowest BCUT2D eigenvalue weighted by Gasteiger charge is -2.34. The van der Waals surface area contributed by atoms with Crippen molar-refractivity contribution in [3.8, 4) is 11.5 Å². The number of benzene rings is 1. The van der Waals surface area contributed by atoms with Gasteiger partial charge in [-0.05, 0) is 30.5 Å². The van der Waals surface area contributed by atoms with Crippen molar-refractivity contribution in [3.05, 3.63) is 23.8 Å². The summed E-state index contributed by atoms with van der Waals surface area (Å²) < 4.78 is 10.4. The van der Waals surface area contributed by atoms with Crippen LogP contribution in [-0.4, -0.2) is 31.3 Å². The largest absolute Gasteiger partial charge is 0.493 e. The maximum absolute atomic E-state index is 10.9. The molecule has 0 bridgehead atoms. The summed E-state index contributed by atoms with van der Waals surface area (Å²) in [5.74, 6) is 0.416. The standard InChI is InChI=1S/C14H19NO4/c1-18-12-6-3-9(7-13(12)19-2)8-15-11-5-4-10(11)14(16)17/h3,6-7,10-11,15H,4-5,8H2,1-2H3,(H,16,17). The number of aliphatic carboxylic acids is 1. The Morgan fingerprint density at radius 3 is 2.58 bits per heavy atom. The van der Waals surface area contributed by atoms with Gasteiger partial charge in [0.15, 0.2) is 11.5 Å². The van der Waals surface area contributed by atoms with Crippen LogP contribution < -0.4 is 14.8 Å². The first-order valence-corrected chi connectivity index (χ1v) is 6.32. The van der Waals surface area contributed by atoms with Gasteiger partial charge in [0.1, 0.15) is 0 Å². The molecular formula is C14H19NO4. The first-order valence-electron chi connectivity index (χ1n) is 6.32. The quantitative estimate of drug-likeness (QED) is 0.818. The van der Waals surface area contributed by atoms with Crippen LogP contribution >= 0.6 is 0 Å². The topological polar surface area (TPSA) is 67.8 Å². The number of carbonyl (C=O) groups is 1. The van der Waals surface area contributed by atoms with Gasteiger partial charge in [-0.2, -0.15) is 0 Å². The van der Waals surface area contributed by atoms with Crippen LogP contribution in [0.25, 0.3) is 0 Å². The monoisotopic (exact) mass is 265 g/mol. The molecule has 1 saturated carbocycles. The third kappa shape index (κ3) is 2.98. The van der Waals surface area contributed by atoms with Crippen molar-refractivity contribution in [2.24, 2.45) is 5.92 Å². The Labute approximate surface area is 112 Å². The molecule has 2 unspecified atom stereocenters. The van der Waals surface area contributed by atoms with Gasteiger partial charge in [0, 0.05) is 12.6 Å². The van der Waals surface area contributed by atoms with Crippen molar-refractivity contribution in [3.63, 3.8) is 0 Å². The molecule has 2 N–H and O–H groups in total. The van der Waals surface area contributed by atoms with E-state index in [1.54, 1.807) is 14.2 Å². The Kier molecular flexibility index (Phi) is 4.27. The number of carboxylic acids is 1. The molecule has 5 heteroatoms. The Morgan fingerprint density at radius 2 is 2.05 bits per heavy atom. The third-order valence-corrected chi connectivity index (χ3v) is 3.61. The molecule has 19 heavy (non-hydrogen) atoms. The van der Waals surface area contributed by atoms with Gasteiger partial charge in [0.05, 0.1) is 20.1 Å². The second-order valence-corrected chi connectivity index (χ2v) is 4.70. The van der Waals surface area contributed by atoms with E-state index in [0.717, 1.165) is 18.4 Å². The molecule has 1 fully saturated rings. The Balaban J connectivity index is 1.94. The maximum Gasteiger partial charge on any atom is 0.308 e. The van der Waals surface area contributed by atoms with Gasteiger partial charge in [-0.15, -0.1) is 0 Å². The maximum atomic E-state index is 10.9. The van der Waals surface area contributed by atoms with Gasteiger partial charge >= 0.3 is 5.97 Å². The van der Waals surface area contributed by atoms with Crippen LogP contribution in [0.3, 0.4) is 0 Å². The summed E-state index contributed by atoms with van der Waals surface area (Å²) in [7, 11) is 3.20. The van der Waals surface area contributed by atoms with Crippen LogP contribution in [0.15, 0.2) is 18.2 Å². The molecule has 1 aliphatic rings. The highest BCUT2D eigenvalue weighted by molar-refractivity contribution is 5.72. The zero-order chi connectivity index (χ0) is 13.8. The van der Waals surface area contributed by atoms with Crippen LogP contribution in [0.5, 0.6) is 11.5 Å². The minimum atomic E-state index is -0.712. The summed E-state index contributed by atoms with van der Waals surface area (Å²) in [5, 5.41) is 12.3. The predicted octanol–water partition coefficient (Wildman–Crippen LogP) is 1.66. The number of methoxy groups -OCH3 is 2. The number of ether oxygens (including phenoxy) is 2. The number of hydrogen-bond donors (Lipinski definition) is 2. The van der Waals surface area contributed by atoms with Crippen molar-refractivity contribution in [2.45, 2.75) is 25.4 Å². The van der Waals surface area contributed by atoms with Crippen molar-refractivity contribution in [2.75, 3.05) is 14.2 Å². The van der Waals surface area contributed by atoms with E-state index in [9.17, 15) is 4.79 Å². The molecule has 0 spiro atoms. The van der Waals surface area contributed by atoms with E-state index in [1.165, 1.54) is 0 Å². The van der Waals surface area contributed by atoms with Crippen LogP contribution in [0.4, 0.5) is 0 Å². The fourth-order valence-corrected chi connectivity index (χ4v) is 2.28. The van der Waals surface area contributed by atoms with Crippen molar-refractivity contribution in [1.82, 2.24) is 5.32 Å². The van der Waals surface area contributed by atoms with Gasteiger partial charge < -0.3 is 19.9 Å². The Hall–Kier alpha value is -1.75. The van der Waals surface area contributed by atoms with Crippen LogP contribution in [0.2, 0.25) is 0 Å². The molecule has 5 nitrogen and oxygen atoms in total.